The van der Waals surface area contributed by atoms with Gasteiger partial charge in [-0.15, -0.1) is 4.40 Å². The standard InChI is InChI=1S/C20H19ClN4O5S/c1-12-15(6-5-7-16(12)25(27)28)22-20(26)13-10-18-17(11-14(13)21)24-9-4-2-3-8-19(24)23-31(18,29)30/h5-7,10-11H,2-4,8-9H2,1H3,(H,22,26). The van der Waals surface area contributed by atoms with Gasteiger partial charge in [-0.2, -0.15) is 8.42 Å². The Morgan fingerprint density at radius 3 is 2.77 bits per heavy atom. The summed E-state index contributed by atoms with van der Waals surface area (Å²) in [6.07, 6.45) is 3.29. The number of halogens is 1. The number of amidine groups is 1. The van der Waals surface area contributed by atoms with Crippen molar-refractivity contribution in [2.75, 3.05) is 16.8 Å². The van der Waals surface area contributed by atoms with Crippen LogP contribution in [0.2, 0.25) is 5.02 Å². The monoisotopic (exact) mass is 462 g/mol. The van der Waals surface area contributed by atoms with Gasteiger partial charge in [-0.1, -0.05) is 24.1 Å². The molecule has 162 valence electrons. The SMILES string of the molecule is Cc1c(NC(=O)c2cc3c(cc2Cl)N2CCCCCC2=NS3(=O)=O)cccc1[N+](=O)[O-]. The molecule has 0 unspecified atom stereocenters. The van der Waals surface area contributed by atoms with Gasteiger partial charge in [-0.05, 0) is 38.0 Å². The van der Waals surface area contributed by atoms with Crippen molar-refractivity contribution in [3.63, 3.8) is 0 Å². The number of hydrogen-bond acceptors (Lipinski definition) is 6. The predicted molar refractivity (Wildman–Crippen MR) is 118 cm³/mol. The predicted octanol–water partition coefficient (Wildman–Crippen LogP) is 4.29. The molecule has 1 N–H and O–H groups in total. The number of nitro groups is 1. The first-order valence-electron chi connectivity index (χ1n) is 9.69. The van der Waals surface area contributed by atoms with Crippen LogP contribution in [0.4, 0.5) is 17.1 Å². The second kappa shape index (κ2) is 7.93. The third-order valence-electron chi connectivity index (χ3n) is 5.43. The largest absolute Gasteiger partial charge is 0.328 e. The Balaban J connectivity index is 1.74. The number of carbonyl (C=O) groups is 1. The lowest BCUT2D eigenvalue weighted by molar-refractivity contribution is -0.385. The molecule has 0 aliphatic carbocycles. The van der Waals surface area contributed by atoms with E-state index in [9.17, 15) is 23.3 Å². The molecule has 2 aromatic carbocycles. The number of hydrogen-bond donors (Lipinski definition) is 1. The Labute approximate surface area is 183 Å². The van der Waals surface area contributed by atoms with Gasteiger partial charge in [-0.25, -0.2) is 0 Å². The summed E-state index contributed by atoms with van der Waals surface area (Å²) in [5.41, 5.74) is 0.744. The highest BCUT2D eigenvalue weighted by Crippen LogP contribution is 2.38. The molecule has 2 heterocycles. The average molecular weight is 463 g/mol. The molecule has 0 radical (unpaired) electrons. The molecular formula is C20H19ClN4O5S. The lowest BCUT2D eigenvalue weighted by Gasteiger charge is -2.30. The second-order valence-electron chi connectivity index (χ2n) is 7.41. The molecule has 11 heteroatoms. The van der Waals surface area contributed by atoms with Crippen LogP contribution in [0.5, 0.6) is 0 Å². The minimum Gasteiger partial charge on any atom is -0.328 e. The highest BCUT2D eigenvalue weighted by atomic mass is 35.5. The van der Waals surface area contributed by atoms with Gasteiger partial charge in [0, 0.05) is 19.0 Å². The fraction of sp³-hybridized carbons (Fsp3) is 0.300. The van der Waals surface area contributed by atoms with E-state index in [1.54, 1.807) is 0 Å². The number of anilines is 2. The van der Waals surface area contributed by atoms with Crippen LogP contribution >= 0.6 is 11.6 Å². The van der Waals surface area contributed by atoms with E-state index in [1.165, 1.54) is 37.3 Å². The van der Waals surface area contributed by atoms with E-state index in [0.717, 1.165) is 19.3 Å². The normalized spacial score (nSPS) is 17.1. The number of sulfonamides is 1. The maximum Gasteiger partial charge on any atom is 0.286 e. The quantitative estimate of drug-likeness (QED) is 0.536. The van der Waals surface area contributed by atoms with Gasteiger partial charge in [0.1, 0.15) is 10.7 Å². The van der Waals surface area contributed by atoms with Crippen LogP contribution in [-0.2, 0) is 10.0 Å². The zero-order valence-corrected chi connectivity index (χ0v) is 18.2. The van der Waals surface area contributed by atoms with Crippen LogP contribution < -0.4 is 10.2 Å². The highest BCUT2D eigenvalue weighted by molar-refractivity contribution is 7.90. The van der Waals surface area contributed by atoms with E-state index in [0.29, 0.717) is 24.5 Å². The number of nitrogens with one attached hydrogen (secondary N) is 1. The number of amides is 1. The molecule has 0 aromatic heterocycles. The number of nitro benzene ring substituents is 1. The molecule has 1 fully saturated rings. The lowest BCUT2D eigenvalue weighted by Crippen LogP contribution is -2.35. The Morgan fingerprint density at radius 2 is 2.03 bits per heavy atom. The van der Waals surface area contributed by atoms with Gasteiger partial charge in [0.05, 0.1) is 32.4 Å². The first-order chi connectivity index (χ1) is 14.7. The number of rotatable bonds is 3. The van der Waals surface area contributed by atoms with E-state index < -0.39 is 20.9 Å². The fourth-order valence-corrected chi connectivity index (χ4v) is 5.33. The molecule has 0 bridgehead atoms. The molecule has 4 rings (SSSR count). The molecule has 9 nitrogen and oxygen atoms in total. The summed E-state index contributed by atoms with van der Waals surface area (Å²) in [6.45, 7) is 2.14. The molecule has 0 atom stereocenters. The van der Waals surface area contributed by atoms with Crippen molar-refractivity contribution in [2.24, 2.45) is 4.40 Å². The summed E-state index contributed by atoms with van der Waals surface area (Å²) in [4.78, 5) is 25.3. The lowest BCUT2D eigenvalue weighted by atomic mass is 10.1. The summed E-state index contributed by atoms with van der Waals surface area (Å²) in [6, 6.07) is 7.01. The third kappa shape index (κ3) is 3.88. The van der Waals surface area contributed by atoms with Crippen LogP contribution in [-0.4, -0.2) is 31.6 Å². The minimum atomic E-state index is -3.98. The number of benzene rings is 2. The Hall–Kier alpha value is -2.98. The van der Waals surface area contributed by atoms with Crippen molar-refractivity contribution in [3.05, 3.63) is 56.6 Å². The van der Waals surface area contributed by atoms with Crippen LogP contribution in [0.3, 0.4) is 0 Å². The first kappa shape index (κ1) is 21.3. The Bertz CT molecular complexity index is 1240. The molecule has 0 saturated carbocycles. The van der Waals surface area contributed by atoms with E-state index in [1.807, 2.05) is 4.90 Å². The summed E-state index contributed by atoms with van der Waals surface area (Å²) in [5.74, 6) is -0.178. The molecule has 0 spiro atoms. The maximum atomic E-state index is 12.9. The number of carbonyl (C=O) groups excluding carboxylic acids is 1. The highest BCUT2D eigenvalue weighted by Gasteiger charge is 2.33. The molecule has 2 aliphatic rings. The van der Waals surface area contributed by atoms with E-state index in [2.05, 4.69) is 9.71 Å². The van der Waals surface area contributed by atoms with Crippen LogP contribution in [0.25, 0.3) is 0 Å². The molecule has 31 heavy (non-hydrogen) atoms. The van der Waals surface area contributed by atoms with Gasteiger partial charge >= 0.3 is 0 Å². The van der Waals surface area contributed by atoms with Crippen LogP contribution in [0.15, 0.2) is 39.6 Å². The van der Waals surface area contributed by atoms with Gasteiger partial charge in [-0.3, -0.25) is 14.9 Å². The van der Waals surface area contributed by atoms with Gasteiger partial charge in [0.25, 0.3) is 21.6 Å². The van der Waals surface area contributed by atoms with E-state index in [-0.39, 0.29) is 32.4 Å². The van der Waals surface area contributed by atoms with Gasteiger partial charge < -0.3 is 10.2 Å². The first-order valence-corrected chi connectivity index (χ1v) is 11.5. The third-order valence-corrected chi connectivity index (χ3v) is 7.08. The average Bonchev–Trinajstić information content (AvgIpc) is 2.93. The Morgan fingerprint density at radius 1 is 1.26 bits per heavy atom. The van der Waals surface area contributed by atoms with Crippen molar-refractivity contribution in [2.45, 2.75) is 37.5 Å². The maximum absolute atomic E-state index is 12.9. The number of fused-ring (bicyclic) bond motifs is 3. The molecule has 2 aromatic rings. The van der Waals surface area contributed by atoms with E-state index >= 15 is 0 Å². The van der Waals surface area contributed by atoms with Crippen LogP contribution in [0.1, 0.15) is 41.6 Å². The van der Waals surface area contributed by atoms with Crippen molar-refractivity contribution < 1.29 is 18.1 Å². The van der Waals surface area contributed by atoms with Crippen molar-refractivity contribution in [1.29, 1.82) is 0 Å². The minimum absolute atomic E-state index is 0.0524. The molecular weight excluding hydrogens is 444 g/mol. The van der Waals surface area contributed by atoms with Crippen LogP contribution in [0, 0.1) is 17.0 Å². The molecule has 1 saturated heterocycles. The summed E-state index contributed by atoms with van der Waals surface area (Å²) >= 11 is 6.38. The van der Waals surface area contributed by atoms with Gasteiger partial charge in [0.2, 0.25) is 0 Å². The fourth-order valence-electron chi connectivity index (χ4n) is 3.82. The summed E-state index contributed by atoms with van der Waals surface area (Å²) in [5, 5.41) is 13.8. The zero-order valence-electron chi connectivity index (χ0n) is 16.6. The topological polar surface area (TPSA) is 122 Å². The van der Waals surface area contributed by atoms with Crippen molar-refractivity contribution >= 4 is 50.4 Å². The smallest absolute Gasteiger partial charge is 0.286 e. The van der Waals surface area contributed by atoms with Crippen molar-refractivity contribution in [3.8, 4) is 0 Å². The van der Waals surface area contributed by atoms with Crippen molar-refractivity contribution in [1.82, 2.24) is 0 Å². The zero-order chi connectivity index (χ0) is 22.3. The molecule has 2 aliphatic heterocycles. The second-order valence-corrected chi connectivity index (χ2v) is 9.39. The van der Waals surface area contributed by atoms with E-state index in [4.69, 9.17) is 11.6 Å². The van der Waals surface area contributed by atoms with Gasteiger partial charge in [0.15, 0.2) is 0 Å². The summed E-state index contributed by atoms with van der Waals surface area (Å²) in [7, 11) is -3.98. The number of nitrogens with zero attached hydrogens (tertiary/aromatic N) is 3. The Kier molecular flexibility index (Phi) is 5.44. The summed E-state index contributed by atoms with van der Waals surface area (Å²) < 4.78 is 29.6. The molecule has 1 amide bonds.